The zero-order valence-electron chi connectivity index (χ0n) is 21.6. The van der Waals surface area contributed by atoms with Gasteiger partial charge in [0, 0.05) is 68.0 Å². The summed E-state index contributed by atoms with van der Waals surface area (Å²) in [5, 5.41) is 4.15. The van der Waals surface area contributed by atoms with Crippen LogP contribution in [0.1, 0.15) is 27.4 Å². The van der Waals surface area contributed by atoms with Gasteiger partial charge in [0.05, 0.1) is 18.1 Å². The van der Waals surface area contributed by atoms with Crippen molar-refractivity contribution in [1.82, 2.24) is 14.6 Å². The average Bonchev–Trinajstić information content (AvgIpc) is 3.38. The highest BCUT2D eigenvalue weighted by Crippen LogP contribution is 2.31. The summed E-state index contributed by atoms with van der Waals surface area (Å²) < 4.78 is 32.9. The minimum Gasteiger partial charge on any atom is -0.379 e. The summed E-state index contributed by atoms with van der Waals surface area (Å²) in [6.45, 7) is 1.69. The van der Waals surface area contributed by atoms with Crippen LogP contribution >= 0.6 is 0 Å². The maximum atomic E-state index is 13.3. The third-order valence-electron chi connectivity index (χ3n) is 6.98. The van der Waals surface area contributed by atoms with Gasteiger partial charge in [-0.3, -0.25) is 4.79 Å². The number of sulfonamides is 1. The van der Waals surface area contributed by atoms with Gasteiger partial charge in [0.15, 0.2) is 0 Å². The van der Waals surface area contributed by atoms with Crippen LogP contribution in [0.5, 0.6) is 0 Å². The standard InChI is InChI=1S/C29H32N4O4S/c1-32(2)23-12-10-21(11-13-23)26(27-20-30-28-9-4-3-8-25(27)28)19-31-29(34)22-6-5-7-24(18-22)38(35,36)33-14-16-37-17-15-33/h3-13,18,20,26,30H,14-17,19H2,1-2H3,(H,31,34). The molecular formula is C29H32N4O4S. The SMILES string of the molecule is CN(C)c1ccc(C(CNC(=O)c2cccc(S(=O)(=O)N3CCOCC3)c2)c2c[nH]c3ccccc23)cc1. The molecule has 0 spiro atoms. The number of carbonyl (C=O) groups is 1. The number of aromatic amines is 1. The van der Waals surface area contributed by atoms with Crippen LogP contribution in [0.3, 0.4) is 0 Å². The van der Waals surface area contributed by atoms with Crippen molar-refractivity contribution in [3.05, 3.63) is 95.7 Å². The number of hydrogen-bond acceptors (Lipinski definition) is 5. The van der Waals surface area contributed by atoms with Crippen LogP contribution < -0.4 is 10.2 Å². The molecule has 1 aromatic heterocycles. The molecule has 1 fully saturated rings. The smallest absolute Gasteiger partial charge is 0.251 e. The Kier molecular flexibility index (Phi) is 7.51. The van der Waals surface area contributed by atoms with E-state index in [0.717, 1.165) is 27.7 Å². The first kappa shape index (κ1) is 26.0. The maximum Gasteiger partial charge on any atom is 0.251 e. The van der Waals surface area contributed by atoms with Crippen molar-refractivity contribution < 1.29 is 17.9 Å². The van der Waals surface area contributed by atoms with E-state index in [9.17, 15) is 13.2 Å². The Bertz CT molecular complexity index is 1520. The van der Waals surface area contributed by atoms with Gasteiger partial charge in [-0.2, -0.15) is 4.31 Å². The van der Waals surface area contributed by atoms with Gasteiger partial charge < -0.3 is 19.9 Å². The summed E-state index contributed by atoms with van der Waals surface area (Å²) in [6, 6.07) is 22.6. The highest BCUT2D eigenvalue weighted by molar-refractivity contribution is 7.89. The monoisotopic (exact) mass is 532 g/mol. The molecule has 0 radical (unpaired) electrons. The number of ether oxygens (including phenoxy) is 1. The lowest BCUT2D eigenvalue weighted by Crippen LogP contribution is -2.40. The van der Waals surface area contributed by atoms with Crippen molar-refractivity contribution in [3.63, 3.8) is 0 Å². The molecule has 38 heavy (non-hydrogen) atoms. The Labute approximate surface area is 223 Å². The quantitative estimate of drug-likeness (QED) is 0.360. The minimum absolute atomic E-state index is 0.105. The normalized spacial score (nSPS) is 15.3. The molecule has 2 heterocycles. The second-order valence-electron chi connectivity index (χ2n) is 9.58. The molecule has 1 aliphatic heterocycles. The molecule has 1 aliphatic rings. The van der Waals surface area contributed by atoms with Gasteiger partial charge in [0.2, 0.25) is 10.0 Å². The predicted molar refractivity (Wildman–Crippen MR) is 149 cm³/mol. The molecule has 8 nitrogen and oxygen atoms in total. The van der Waals surface area contributed by atoms with E-state index in [1.54, 1.807) is 12.1 Å². The number of nitrogens with zero attached hydrogens (tertiary/aromatic N) is 2. The first-order valence-electron chi connectivity index (χ1n) is 12.6. The molecule has 5 rings (SSSR count). The van der Waals surface area contributed by atoms with Crippen LogP contribution in [0.25, 0.3) is 10.9 Å². The number of hydrogen-bond donors (Lipinski definition) is 2. The van der Waals surface area contributed by atoms with Gasteiger partial charge in [0.1, 0.15) is 0 Å². The molecule has 0 bridgehead atoms. The van der Waals surface area contributed by atoms with E-state index in [-0.39, 0.29) is 16.7 Å². The van der Waals surface area contributed by atoms with E-state index < -0.39 is 10.0 Å². The molecule has 0 saturated carbocycles. The highest BCUT2D eigenvalue weighted by atomic mass is 32.2. The van der Waals surface area contributed by atoms with E-state index in [0.29, 0.717) is 38.4 Å². The second-order valence-corrected chi connectivity index (χ2v) is 11.5. The van der Waals surface area contributed by atoms with Crippen molar-refractivity contribution in [3.8, 4) is 0 Å². The molecule has 1 atom stereocenters. The molecule has 3 aromatic carbocycles. The molecule has 1 saturated heterocycles. The summed E-state index contributed by atoms with van der Waals surface area (Å²) >= 11 is 0. The number of carbonyl (C=O) groups excluding carboxylic acids is 1. The van der Waals surface area contributed by atoms with Crippen LogP contribution in [-0.4, -0.2) is 70.6 Å². The number of fused-ring (bicyclic) bond motifs is 1. The number of para-hydroxylation sites is 1. The fraction of sp³-hybridized carbons (Fsp3) is 0.276. The molecule has 1 unspecified atom stereocenters. The molecule has 9 heteroatoms. The average molecular weight is 533 g/mol. The Morgan fingerprint density at radius 1 is 1.03 bits per heavy atom. The number of nitrogens with one attached hydrogen (secondary N) is 2. The third-order valence-corrected chi connectivity index (χ3v) is 8.87. The lowest BCUT2D eigenvalue weighted by molar-refractivity contribution is 0.0730. The predicted octanol–water partition coefficient (Wildman–Crippen LogP) is 3.82. The first-order valence-corrected chi connectivity index (χ1v) is 14.1. The van der Waals surface area contributed by atoms with Gasteiger partial charge in [0.25, 0.3) is 5.91 Å². The lowest BCUT2D eigenvalue weighted by Gasteiger charge is -2.26. The minimum atomic E-state index is -3.70. The van der Waals surface area contributed by atoms with E-state index in [1.165, 1.54) is 16.4 Å². The zero-order valence-corrected chi connectivity index (χ0v) is 22.4. The van der Waals surface area contributed by atoms with Crippen LogP contribution in [0.4, 0.5) is 5.69 Å². The Hall–Kier alpha value is -3.66. The molecule has 0 aliphatic carbocycles. The first-order chi connectivity index (χ1) is 18.3. The lowest BCUT2D eigenvalue weighted by atomic mass is 9.90. The van der Waals surface area contributed by atoms with Crippen molar-refractivity contribution in [2.24, 2.45) is 0 Å². The fourth-order valence-electron chi connectivity index (χ4n) is 4.83. The van der Waals surface area contributed by atoms with E-state index in [1.807, 2.05) is 43.4 Å². The van der Waals surface area contributed by atoms with E-state index in [2.05, 4.69) is 40.6 Å². The topological polar surface area (TPSA) is 94.7 Å². The number of aromatic nitrogens is 1. The number of anilines is 1. The van der Waals surface area contributed by atoms with Crippen molar-refractivity contribution >= 4 is 32.5 Å². The van der Waals surface area contributed by atoms with Gasteiger partial charge in [-0.25, -0.2) is 8.42 Å². The third kappa shape index (κ3) is 5.31. The van der Waals surface area contributed by atoms with Crippen molar-refractivity contribution in [2.45, 2.75) is 10.8 Å². The van der Waals surface area contributed by atoms with Crippen LogP contribution in [-0.2, 0) is 14.8 Å². The van der Waals surface area contributed by atoms with Crippen LogP contribution in [0.15, 0.2) is 83.9 Å². The molecular weight excluding hydrogens is 500 g/mol. The van der Waals surface area contributed by atoms with Crippen molar-refractivity contribution in [1.29, 1.82) is 0 Å². The van der Waals surface area contributed by atoms with Crippen LogP contribution in [0, 0.1) is 0 Å². The summed E-state index contributed by atoms with van der Waals surface area (Å²) in [7, 11) is 0.301. The number of morpholine rings is 1. The second kappa shape index (κ2) is 11.0. The fourth-order valence-corrected chi connectivity index (χ4v) is 6.28. The van der Waals surface area contributed by atoms with Crippen molar-refractivity contribution in [2.75, 3.05) is 51.8 Å². The largest absolute Gasteiger partial charge is 0.379 e. The summed E-state index contributed by atoms with van der Waals surface area (Å²) in [4.78, 5) is 18.8. The van der Waals surface area contributed by atoms with Crippen LogP contribution in [0.2, 0.25) is 0 Å². The van der Waals surface area contributed by atoms with E-state index in [4.69, 9.17) is 4.74 Å². The summed E-state index contributed by atoms with van der Waals surface area (Å²) in [5.41, 5.74) is 4.59. The number of rotatable bonds is 8. The summed E-state index contributed by atoms with van der Waals surface area (Å²) in [6.07, 6.45) is 2.00. The Balaban J connectivity index is 1.40. The highest BCUT2D eigenvalue weighted by Gasteiger charge is 2.27. The van der Waals surface area contributed by atoms with E-state index >= 15 is 0 Å². The zero-order chi connectivity index (χ0) is 26.7. The van der Waals surface area contributed by atoms with Gasteiger partial charge >= 0.3 is 0 Å². The molecule has 1 amide bonds. The molecule has 2 N–H and O–H groups in total. The van der Waals surface area contributed by atoms with Gasteiger partial charge in [-0.05, 0) is 47.5 Å². The maximum absolute atomic E-state index is 13.3. The summed E-state index contributed by atoms with van der Waals surface area (Å²) in [5.74, 6) is -0.426. The Morgan fingerprint density at radius 3 is 2.50 bits per heavy atom. The Morgan fingerprint density at radius 2 is 1.76 bits per heavy atom. The number of amides is 1. The molecule has 4 aromatic rings. The number of H-pyrrole nitrogens is 1. The van der Waals surface area contributed by atoms with Gasteiger partial charge in [-0.1, -0.05) is 36.4 Å². The van der Waals surface area contributed by atoms with Gasteiger partial charge in [-0.15, -0.1) is 0 Å². The number of benzene rings is 3. The molecule has 198 valence electrons.